The summed E-state index contributed by atoms with van der Waals surface area (Å²) in [6, 6.07) is 11.4. The largest absolute Gasteiger partial charge is 0.488 e. The number of ether oxygens (including phenoxy) is 2. The van der Waals surface area contributed by atoms with Gasteiger partial charge in [-0.25, -0.2) is 4.98 Å². The Hall–Kier alpha value is -2.94. The van der Waals surface area contributed by atoms with Crippen LogP contribution in [0.2, 0.25) is 0 Å². The zero-order chi connectivity index (χ0) is 27.4. The van der Waals surface area contributed by atoms with E-state index in [1.165, 1.54) is 22.3 Å². The first-order valence-corrected chi connectivity index (χ1v) is 15.4. The van der Waals surface area contributed by atoms with Gasteiger partial charge in [0.1, 0.15) is 12.4 Å². The molecule has 4 aliphatic rings. The van der Waals surface area contributed by atoms with Crippen molar-refractivity contribution in [1.82, 2.24) is 9.88 Å². The van der Waals surface area contributed by atoms with Crippen molar-refractivity contribution in [2.45, 2.75) is 58.7 Å². The predicted molar refractivity (Wildman–Crippen MR) is 156 cm³/mol. The highest BCUT2D eigenvalue weighted by Gasteiger charge is 2.62. The van der Waals surface area contributed by atoms with Gasteiger partial charge < -0.3 is 19.5 Å². The van der Waals surface area contributed by atoms with Crippen LogP contribution in [0.25, 0.3) is 11.3 Å². The van der Waals surface area contributed by atoms with Crippen LogP contribution in [-0.4, -0.2) is 59.8 Å². The fourth-order valence-electron chi connectivity index (χ4n) is 7.07. The first-order valence-electron chi connectivity index (χ1n) is 14.5. The van der Waals surface area contributed by atoms with Gasteiger partial charge in [-0.1, -0.05) is 24.3 Å². The number of thiazole rings is 1. The van der Waals surface area contributed by atoms with Crippen LogP contribution in [0.5, 0.6) is 5.75 Å². The highest BCUT2D eigenvalue weighted by Crippen LogP contribution is 2.58. The van der Waals surface area contributed by atoms with E-state index in [9.17, 15) is 9.90 Å². The minimum atomic E-state index is -0.631. The second-order valence-corrected chi connectivity index (χ2v) is 12.9. The molecular formula is C32H37N3O4S. The summed E-state index contributed by atoms with van der Waals surface area (Å²) in [4.78, 5) is 21.5. The molecule has 210 valence electrons. The molecule has 1 N–H and O–H groups in total. The summed E-state index contributed by atoms with van der Waals surface area (Å²) >= 11 is 1.63. The maximum Gasteiger partial charge on any atom is 0.310 e. The molecule has 0 amide bonds. The predicted octanol–water partition coefficient (Wildman–Crippen LogP) is 5.45. The fourth-order valence-corrected chi connectivity index (χ4v) is 7.93. The van der Waals surface area contributed by atoms with Crippen molar-refractivity contribution in [1.29, 1.82) is 0 Å². The Morgan fingerprint density at radius 1 is 1.25 bits per heavy atom. The number of hydrogen-bond acceptors (Lipinski definition) is 7. The molecule has 8 heteroatoms. The van der Waals surface area contributed by atoms with Gasteiger partial charge in [0.15, 0.2) is 5.13 Å². The van der Waals surface area contributed by atoms with Gasteiger partial charge in [-0.2, -0.15) is 0 Å². The molecule has 3 aliphatic heterocycles. The minimum absolute atomic E-state index is 0.240. The molecule has 1 unspecified atom stereocenters. The summed E-state index contributed by atoms with van der Waals surface area (Å²) in [6.07, 6.45) is 3.71. The number of rotatable bonds is 7. The number of anilines is 1. The Morgan fingerprint density at radius 2 is 2.15 bits per heavy atom. The van der Waals surface area contributed by atoms with Gasteiger partial charge in [0.05, 0.1) is 17.7 Å². The van der Waals surface area contributed by atoms with Crippen molar-refractivity contribution in [2.24, 2.45) is 11.3 Å². The molecule has 2 saturated heterocycles. The summed E-state index contributed by atoms with van der Waals surface area (Å²) < 4.78 is 12.2. The molecule has 3 fully saturated rings. The first-order chi connectivity index (χ1) is 19.4. The number of aryl methyl sites for hydroxylation is 2. The van der Waals surface area contributed by atoms with Crippen molar-refractivity contribution in [3.63, 3.8) is 0 Å². The van der Waals surface area contributed by atoms with Crippen LogP contribution in [0.4, 0.5) is 5.13 Å². The van der Waals surface area contributed by atoms with Crippen molar-refractivity contribution in [3.8, 4) is 17.0 Å². The number of aliphatic carboxylic acids is 1. The number of carboxylic acid groups (broad SMARTS) is 1. The van der Waals surface area contributed by atoms with Crippen LogP contribution < -0.4 is 9.64 Å². The van der Waals surface area contributed by atoms with Gasteiger partial charge in [0.2, 0.25) is 0 Å². The van der Waals surface area contributed by atoms with Crippen molar-refractivity contribution in [3.05, 3.63) is 63.5 Å². The Labute approximate surface area is 239 Å². The van der Waals surface area contributed by atoms with Crippen LogP contribution in [0.1, 0.15) is 47.1 Å². The van der Waals surface area contributed by atoms with E-state index in [0.717, 1.165) is 86.4 Å². The number of hydrogen-bond donors (Lipinski definition) is 1. The second-order valence-electron chi connectivity index (χ2n) is 12.1. The van der Waals surface area contributed by atoms with Crippen LogP contribution in [0, 0.1) is 25.2 Å². The molecule has 4 heterocycles. The Kier molecular flexibility index (Phi) is 6.60. The van der Waals surface area contributed by atoms with Crippen molar-refractivity contribution >= 4 is 22.4 Å². The molecule has 0 radical (unpaired) electrons. The third kappa shape index (κ3) is 4.60. The molecule has 0 bridgehead atoms. The number of piperidine rings is 1. The number of carboxylic acids is 1. The smallest absolute Gasteiger partial charge is 0.310 e. The van der Waals surface area contributed by atoms with E-state index in [-0.39, 0.29) is 5.92 Å². The highest BCUT2D eigenvalue weighted by atomic mass is 32.1. The summed E-state index contributed by atoms with van der Waals surface area (Å²) in [5.41, 5.74) is 8.02. The third-order valence-electron chi connectivity index (χ3n) is 9.64. The third-order valence-corrected chi connectivity index (χ3v) is 10.5. The van der Waals surface area contributed by atoms with Gasteiger partial charge in [-0.15, -0.1) is 11.3 Å². The van der Waals surface area contributed by atoms with E-state index in [0.29, 0.717) is 19.1 Å². The molecule has 1 saturated carbocycles. The van der Waals surface area contributed by atoms with Gasteiger partial charge in [0.25, 0.3) is 0 Å². The SMILES string of the molecule is Cc1cc(COc2c(C)cccc2-c2csc(N3CC[C@@]4(C(=O)O)C[C@H]4C3)n2)cc2c1CN(C1CCOC1)CC2. The van der Waals surface area contributed by atoms with E-state index in [1.807, 2.05) is 0 Å². The molecule has 7 rings (SSSR count). The molecule has 3 atom stereocenters. The molecular weight excluding hydrogens is 522 g/mol. The van der Waals surface area contributed by atoms with Gasteiger partial charge in [0, 0.05) is 49.8 Å². The topological polar surface area (TPSA) is 75.1 Å². The number of benzene rings is 2. The second kappa shape index (κ2) is 10.2. The lowest BCUT2D eigenvalue weighted by atomic mass is 9.92. The molecule has 0 spiro atoms. The standard InChI is InChI=1S/C32H37N3O4S/c1-20-4-3-5-26(28-19-40-31(33-28)35-10-8-32(30(36)37)14-24(32)15-35)29(20)39-17-22-12-21(2)27-16-34(9-6-23(27)13-22)25-7-11-38-18-25/h3-5,12-13,19,24-25H,6-11,14-18H2,1-2H3,(H,36,37)/t24-,25?,32+/m0/s1. The minimum Gasteiger partial charge on any atom is -0.488 e. The van der Waals surface area contributed by atoms with E-state index in [2.05, 4.69) is 59.4 Å². The van der Waals surface area contributed by atoms with Crippen LogP contribution in [0.3, 0.4) is 0 Å². The summed E-state index contributed by atoms with van der Waals surface area (Å²) in [7, 11) is 0. The lowest BCUT2D eigenvalue weighted by Gasteiger charge is -2.34. The zero-order valence-electron chi connectivity index (χ0n) is 23.3. The average molecular weight is 560 g/mol. The number of carbonyl (C=O) groups is 1. The average Bonchev–Trinajstić information content (AvgIpc) is 3.27. The molecule has 3 aromatic rings. The quantitative estimate of drug-likeness (QED) is 0.412. The monoisotopic (exact) mass is 559 g/mol. The molecule has 2 aromatic carbocycles. The van der Waals surface area contributed by atoms with Crippen LogP contribution in [-0.2, 0) is 29.1 Å². The Morgan fingerprint density at radius 3 is 2.95 bits per heavy atom. The van der Waals surface area contributed by atoms with Gasteiger partial charge >= 0.3 is 5.97 Å². The number of nitrogens with zero attached hydrogens (tertiary/aromatic N) is 3. The number of aromatic nitrogens is 1. The lowest BCUT2D eigenvalue weighted by Crippen LogP contribution is -2.39. The molecule has 1 aromatic heterocycles. The molecule has 7 nitrogen and oxygen atoms in total. The van der Waals surface area contributed by atoms with E-state index in [1.54, 1.807) is 11.3 Å². The highest BCUT2D eigenvalue weighted by molar-refractivity contribution is 7.14. The van der Waals surface area contributed by atoms with Gasteiger partial charge in [-0.3, -0.25) is 9.69 Å². The normalized spacial score (nSPS) is 25.9. The van der Waals surface area contributed by atoms with Crippen molar-refractivity contribution < 1.29 is 19.4 Å². The van der Waals surface area contributed by atoms with Crippen molar-refractivity contribution in [2.75, 3.05) is 37.7 Å². The van der Waals surface area contributed by atoms with Gasteiger partial charge in [-0.05, 0) is 79.3 Å². The van der Waals surface area contributed by atoms with E-state index < -0.39 is 11.4 Å². The number of fused-ring (bicyclic) bond motifs is 2. The lowest BCUT2D eigenvalue weighted by molar-refractivity contribution is -0.144. The summed E-state index contributed by atoms with van der Waals surface area (Å²) in [5.74, 6) is 0.491. The van der Waals surface area contributed by atoms with Crippen LogP contribution >= 0.6 is 11.3 Å². The van der Waals surface area contributed by atoms with Crippen LogP contribution in [0.15, 0.2) is 35.7 Å². The Balaban J connectivity index is 1.06. The first kappa shape index (κ1) is 26.0. The maximum absolute atomic E-state index is 11.7. The van der Waals surface area contributed by atoms with E-state index in [4.69, 9.17) is 14.5 Å². The van der Waals surface area contributed by atoms with E-state index >= 15 is 0 Å². The summed E-state index contributed by atoms with van der Waals surface area (Å²) in [6.45, 7) is 10.2. The number of para-hydroxylation sites is 1. The fraction of sp³-hybridized carbons (Fsp3) is 0.500. The molecule has 1 aliphatic carbocycles. The summed E-state index contributed by atoms with van der Waals surface area (Å²) in [5, 5.41) is 12.7. The molecule has 40 heavy (non-hydrogen) atoms. The zero-order valence-corrected chi connectivity index (χ0v) is 24.1. The Bertz CT molecular complexity index is 1450. The maximum atomic E-state index is 11.7.